The first-order valence-electron chi connectivity index (χ1n) is 5.08. The Labute approximate surface area is 142 Å². The van der Waals surface area contributed by atoms with Crippen LogP contribution in [-0.4, -0.2) is 15.4 Å². The van der Waals surface area contributed by atoms with Gasteiger partial charge in [0, 0.05) is 14.9 Å². The maximum atomic E-state index is 10.1. The van der Waals surface area contributed by atoms with Gasteiger partial charge in [0.1, 0.15) is 0 Å². The molecule has 2 nitrogen and oxygen atoms in total. The van der Waals surface area contributed by atoms with Gasteiger partial charge in [-0.15, -0.1) is 6.42 Å². The molecular formula is C12H22Cl2NOSiTi. The Morgan fingerprint density at radius 3 is 1.67 bits per heavy atom. The van der Waals surface area contributed by atoms with Crippen LogP contribution in [0.1, 0.15) is 27.2 Å². The van der Waals surface area contributed by atoms with Crippen LogP contribution < -0.4 is 24.8 Å². The van der Waals surface area contributed by atoms with Gasteiger partial charge in [-0.1, -0.05) is 33.9 Å². The molecule has 0 spiro atoms. The van der Waals surface area contributed by atoms with Crippen molar-refractivity contribution in [2.75, 3.05) is 0 Å². The van der Waals surface area contributed by atoms with Crippen molar-refractivity contribution in [2.24, 2.45) is 5.41 Å². The molecule has 1 N–H and O–H groups in total. The van der Waals surface area contributed by atoms with E-state index < -0.39 is 11.3 Å². The zero-order valence-corrected chi connectivity index (χ0v) is 15.9. The monoisotopic (exact) mass is 342 g/mol. The van der Waals surface area contributed by atoms with Crippen molar-refractivity contribution in [1.82, 2.24) is 0 Å². The van der Waals surface area contributed by atoms with Gasteiger partial charge in [0.15, 0.2) is 0 Å². The second kappa shape index (κ2) is 19.8. The van der Waals surface area contributed by atoms with Gasteiger partial charge < -0.3 is 35.3 Å². The van der Waals surface area contributed by atoms with Crippen molar-refractivity contribution in [3.05, 3.63) is 30.0 Å². The van der Waals surface area contributed by atoms with Gasteiger partial charge >= 0.3 is 21.7 Å². The minimum atomic E-state index is -0.507. The Hall–Kier alpha value is 0.461. The predicted octanol–water partition coefficient (Wildman–Crippen LogP) is -2.56. The predicted molar refractivity (Wildman–Crippen MR) is 69.2 cm³/mol. The summed E-state index contributed by atoms with van der Waals surface area (Å²) in [6, 6.07) is 0. The van der Waals surface area contributed by atoms with Crippen LogP contribution in [0.15, 0.2) is 18.2 Å². The van der Waals surface area contributed by atoms with Crippen LogP contribution in [0.3, 0.4) is 0 Å². The quantitative estimate of drug-likeness (QED) is 0.353. The molecule has 0 aromatic rings. The third-order valence-corrected chi connectivity index (χ3v) is 1.27. The molecule has 1 amide bonds. The summed E-state index contributed by atoms with van der Waals surface area (Å²) < 4.78 is 0. The largest absolute Gasteiger partial charge is 4.00 e. The molecule has 0 saturated carbocycles. The molecule has 0 atom stereocenters. The zero-order chi connectivity index (χ0) is 12.3. The van der Waals surface area contributed by atoms with E-state index in [1.54, 1.807) is 20.8 Å². The average molecular weight is 343 g/mol. The number of amides is 1. The molecule has 18 heavy (non-hydrogen) atoms. The van der Waals surface area contributed by atoms with Crippen molar-refractivity contribution in [3.8, 4) is 0 Å². The fourth-order valence-electron chi connectivity index (χ4n) is 0.340. The van der Waals surface area contributed by atoms with Gasteiger partial charge in [0.05, 0.1) is 5.91 Å². The summed E-state index contributed by atoms with van der Waals surface area (Å²) in [6.07, 6.45) is 10.0. The van der Waals surface area contributed by atoms with Crippen LogP contribution in [0, 0.1) is 11.5 Å². The first-order valence-corrected chi connectivity index (χ1v) is 7.39. The topological polar surface area (TPSA) is 40.9 Å². The fraction of sp³-hybridized carbons (Fsp3) is 0.583. The Kier molecular flexibility index (Phi) is 34.2. The minimum Gasteiger partial charge on any atom is -1.00 e. The summed E-state index contributed by atoms with van der Waals surface area (Å²) >= 11 is 0. The SMILES string of the molecule is CC(C)(C)C([NH-])=O.C[SiH]C.[C-]1=CC=CC1.[Cl-].[Cl-].[Ti+4]. The maximum absolute atomic E-state index is 10.1. The summed E-state index contributed by atoms with van der Waals surface area (Å²) in [7, 11) is 0.750. The molecule has 103 valence electrons. The summed E-state index contributed by atoms with van der Waals surface area (Å²) in [5, 5.41) is 0. The van der Waals surface area contributed by atoms with E-state index in [9.17, 15) is 4.79 Å². The smallest absolute Gasteiger partial charge is 1.00 e. The standard InChI is InChI=1S/C5H11NO.C5H5.C2H7Si.2ClH.Ti/c1-5(2,3)4(6)7;1-2-4-5-3-1;1-3-2;;;/h1-3H3,(H2,6,7);1-3H,4H2;3H,1-2H3;2*1H;/q;-1;;;;+4/p-3. The van der Waals surface area contributed by atoms with Gasteiger partial charge in [0.2, 0.25) is 0 Å². The number of halogens is 2. The van der Waals surface area contributed by atoms with Crippen LogP contribution >= 0.6 is 0 Å². The van der Waals surface area contributed by atoms with Crippen molar-refractivity contribution in [3.63, 3.8) is 0 Å². The number of carbonyl (C=O) groups is 1. The van der Waals surface area contributed by atoms with E-state index >= 15 is 0 Å². The third-order valence-electron chi connectivity index (χ3n) is 1.27. The van der Waals surface area contributed by atoms with Crippen molar-refractivity contribution < 1.29 is 51.3 Å². The molecule has 0 bridgehead atoms. The van der Waals surface area contributed by atoms with Crippen LogP contribution in [0.2, 0.25) is 13.1 Å². The summed E-state index contributed by atoms with van der Waals surface area (Å²) in [4.78, 5) is 10.1. The zero-order valence-electron chi connectivity index (χ0n) is 11.7. The first kappa shape index (κ1) is 31.1. The van der Waals surface area contributed by atoms with Crippen LogP contribution in [-0.2, 0) is 26.5 Å². The van der Waals surface area contributed by atoms with Gasteiger partial charge in [-0.25, -0.2) is 12.2 Å². The maximum Gasteiger partial charge on any atom is 4.00 e. The Morgan fingerprint density at radius 2 is 1.61 bits per heavy atom. The van der Waals surface area contributed by atoms with E-state index in [-0.39, 0.29) is 46.5 Å². The molecule has 0 heterocycles. The number of nitrogens with one attached hydrogen (secondary N) is 1. The fourth-order valence-corrected chi connectivity index (χ4v) is 0.340. The second-order valence-electron chi connectivity index (χ2n) is 4.16. The van der Waals surface area contributed by atoms with E-state index in [0.717, 1.165) is 15.9 Å². The molecule has 0 unspecified atom stereocenters. The molecule has 6 heteroatoms. The van der Waals surface area contributed by atoms with Crippen LogP contribution in [0.25, 0.3) is 5.73 Å². The molecule has 0 aliphatic heterocycles. The van der Waals surface area contributed by atoms with E-state index in [1.165, 1.54) is 0 Å². The van der Waals surface area contributed by atoms with Gasteiger partial charge in [-0.05, 0) is 0 Å². The Bertz CT molecular complexity index is 219. The summed E-state index contributed by atoms with van der Waals surface area (Å²) in [5.41, 5.74) is 6.12. The Morgan fingerprint density at radius 1 is 1.28 bits per heavy atom. The van der Waals surface area contributed by atoms with E-state index in [4.69, 9.17) is 5.73 Å². The van der Waals surface area contributed by atoms with Crippen molar-refractivity contribution >= 4 is 15.4 Å². The van der Waals surface area contributed by atoms with Crippen LogP contribution in [0.5, 0.6) is 0 Å². The van der Waals surface area contributed by atoms with Crippen LogP contribution in [0.4, 0.5) is 0 Å². The van der Waals surface area contributed by atoms with E-state index in [0.29, 0.717) is 0 Å². The molecule has 0 fully saturated rings. The number of allylic oxidation sites excluding steroid dienone is 4. The molecule has 1 aliphatic carbocycles. The normalized spacial score (nSPS) is 10.3. The third kappa shape index (κ3) is 30.0. The molecule has 0 saturated heterocycles. The molecule has 1 aliphatic rings. The van der Waals surface area contributed by atoms with Crippen molar-refractivity contribution in [1.29, 1.82) is 0 Å². The summed E-state index contributed by atoms with van der Waals surface area (Å²) in [5.74, 6) is -0.507. The number of carbonyl (C=O) groups excluding carboxylic acids is 1. The van der Waals surface area contributed by atoms with Gasteiger partial charge in [-0.3, -0.25) is 6.08 Å². The van der Waals surface area contributed by atoms with E-state index in [1.807, 2.05) is 12.2 Å². The average Bonchev–Trinajstić information content (AvgIpc) is 2.59. The van der Waals surface area contributed by atoms with Gasteiger partial charge in [0.25, 0.3) is 0 Å². The second-order valence-corrected chi connectivity index (χ2v) is 5.31. The number of rotatable bonds is 0. The summed E-state index contributed by atoms with van der Waals surface area (Å²) in [6.45, 7) is 9.59. The van der Waals surface area contributed by atoms with E-state index in [2.05, 4.69) is 25.2 Å². The van der Waals surface area contributed by atoms with Crippen molar-refractivity contribution in [2.45, 2.75) is 40.3 Å². The molecule has 0 aromatic carbocycles. The molecule has 1 radical (unpaired) electrons. The molecule has 0 aromatic heterocycles. The minimum absolute atomic E-state index is 0. The number of hydrogen-bond donors (Lipinski definition) is 0. The number of hydrogen-bond acceptors (Lipinski definition) is 1. The Balaban J connectivity index is -0.0000000461. The first-order chi connectivity index (χ1) is 6.86. The molecular weight excluding hydrogens is 321 g/mol. The van der Waals surface area contributed by atoms with Gasteiger partial charge in [-0.2, -0.15) is 6.08 Å². The molecule has 1 rings (SSSR count).